The maximum absolute atomic E-state index is 12.2. The van der Waals surface area contributed by atoms with Gasteiger partial charge in [0.2, 0.25) is 11.8 Å². The maximum atomic E-state index is 12.2. The Hall–Kier alpha value is -2.14. The summed E-state index contributed by atoms with van der Waals surface area (Å²) in [6.07, 6.45) is 3.56. The number of carbonyl (C=O) groups excluding carboxylic acids is 1. The highest BCUT2D eigenvalue weighted by Crippen LogP contribution is 2.19. The van der Waals surface area contributed by atoms with Crippen molar-refractivity contribution < 1.29 is 9.53 Å². The number of anilines is 1. The first-order valence-electron chi connectivity index (χ1n) is 8.14. The fourth-order valence-corrected chi connectivity index (χ4v) is 2.82. The van der Waals surface area contributed by atoms with Crippen LogP contribution in [0, 0.1) is 6.92 Å². The van der Waals surface area contributed by atoms with Gasteiger partial charge < -0.3 is 9.64 Å². The molecular weight excluding hydrogens is 326 g/mol. The lowest BCUT2D eigenvalue weighted by Gasteiger charge is -2.26. The van der Waals surface area contributed by atoms with Gasteiger partial charge in [0.1, 0.15) is 0 Å². The first-order chi connectivity index (χ1) is 11.6. The van der Waals surface area contributed by atoms with Crippen molar-refractivity contribution in [2.75, 3.05) is 24.6 Å². The van der Waals surface area contributed by atoms with E-state index in [1.54, 1.807) is 30.3 Å². The van der Waals surface area contributed by atoms with Crippen LogP contribution >= 0.6 is 11.6 Å². The quantitative estimate of drug-likeness (QED) is 0.773. The van der Waals surface area contributed by atoms with Crippen LogP contribution in [0.3, 0.4) is 0 Å². The van der Waals surface area contributed by atoms with Gasteiger partial charge in [0.15, 0.2) is 12.4 Å². The first kappa shape index (κ1) is 16.7. The number of Topliss-reactive ketones (excluding diaryl/α,β-unsaturated/α-hetero) is 1. The van der Waals surface area contributed by atoms with E-state index in [4.69, 9.17) is 16.3 Å². The number of hydrogen-bond acceptors (Lipinski definition) is 5. The number of benzene rings is 1. The monoisotopic (exact) mass is 345 g/mol. The molecule has 0 amide bonds. The van der Waals surface area contributed by atoms with E-state index >= 15 is 0 Å². The summed E-state index contributed by atoms with van der Waals surface area (Å²) in [7, 11) is 0. The Morgan fingerprint density at radius 1 is 1.17 bits per heavy atom. The van der Waals surface area contributed by atoms with Gasteiger partial charge in [0.25, 0.3) is 0 Å². The highest BCUT2D eigenvalue weighted by molar-refractivity contribution is 6.30. The van der Waals surface area contributed by atoms with Gasteiger partial charge in [-0.05, 0) is 50.5 Å². The summed E-state index contributed by atoms with van der Waals surface area (Å²) in [5.41, 5.74) is 1.40. The lowest BCUT2D eigenvalue weighted by molar-refractivity contribution is 0.0918. The van der Waals surface area contributed by atoms with E-state index in [0.717, 1.165) is 31.6 Å². The van der Waals surface area contributed by atoms with Gasteiger partial charge in [-0.15, -0.1) is 0 Å². The normalized spacial score (nSPS) is 14.5. The van der Waals surface area contributed by atoms with Crippen LogP contribution in [0.2, 0.25) is 5.02 Å². The zero-order valence-corrected chi connectivity index (χ0v) is 14.4. The average molecular weight is 346 g/mol. The largest absolute Gasteiger partial charge is 0.469 e. The molecule has 1 aromatic heterocycles. The fourth-order valence-electron chi connectivity index (χ4n) is 2.69. The molecular formula is C18H20ClN3O2. The van der Waals surface area contributed by atoms with Gasteiger partial charge >= 0.3 is 0 Å². The molecule has 0 radical (unpaired) electrons. The molecule has 5 nitrogen and oxygen atoms in total. The average Bonchev–Trinajstić information content (AvgIpc) is 2.60. The van der Waals surface area contributed by atoms with Crippen molar-refractivity contribution in [3.8, 4) is 5.88 Å². The van der Waals surface area contributed by atoms with E-state index in [9.17, 15) is 4.79 Å². The maximum Gasteiger partial charge on any atom is 0.228 e. The number of nitrogens with zero attached hydrogens (tertiary/aromatic N) is 3. The van der Waals surface area contributed by atoms with E-state index in [1.807, 2.05) is 6.92 Å². The predicted octanol–water partition coefficient (Wildman–Crippen LogP) is 3.69. The molecule has 2 heterocycles. The zero-order chi connectivity index (χ0) is 16.9. The van der Waals surface area contributed by atoms with Crippen LogP contribution in [-0.2, 0) is 0 Å². The molecule has 1 aromatic carbocycles. The van der Waals surface area contributed by atoms with Crippen molar-refractivity contribution in [2.24, 2.45) is 0 Å². The Balaban J connectivity index is 1.67. The third kappa shape index (κ3) is 4.23. The number of ether oxygens (including phenoxy) is 1. The minimum absolute atomic E-state index is 0.0580. The van der Waals surface area contributed by atoms with Crippen LogP contribution in [0.25, 0.3) is 0 Å². The molecule has 0 N–H and O–H groups in total. The van der Waals surface area contributed by atoms with Gasteiger partial charge in [-0.25, -0.2) is 4.98 Å². The molecule has 0 atom stereocenters. The summed E-state index contributed by atoms with van der Waals surface area (Å²) in [5, 5.41) is 0.602. The molecule has 1 fully saturated rings. The Morgan fingerprint density at radius 3 is 2.58 bits per heavy atom. The van der Waals surface area contributed by atoms with E-state index in [-0.39, 0.29) is 12.4 Å². The van der Waals surface area contributed by atoms with Gasteiger partial charge in [-0.2, -0.15) is 4.98 Å². The van der Waals surface area contributed by atoms with Gasteiger partial charge in [-0.3, -0.25) is 4.79 Å². The highest BCUT2D eigenvalue weighted by Gasteiger charge is 2.15. The Morgan fingerprint density at radius 2 is 1.88 bits per heavy atom. The topological polar surface area (TPSA) is 55.3 Å². The minimum Gasteiger partial charge on any atom is -0.469 e. The smallest absolute Gasteiger partial charge is 0.228 e. The van der Waals surface area contributed by atoms with Crippen LogP contribution in [0.4, 0.5) is 5.95 Å². The van der Waals surface area contributed by atoms with Crippen LogP contribution in [0.1, 0.15) is 35.3 Å². The second-order valence-corrected chi connectivity index (χ2v) is 6.35. The minimum atomic E-state index is -0.109. The van der Waals surface area contributed by atoms with Crippen LogP contribution in [0.5, 0.6) is 5.88 Å². The van der Waals surface area contributed by atoms with Gasteiger partial charge in [0, 0.05) is 35.4 Å². The summed E-state index contributed by atoms with van der Waals surface area (Å²) in [4.78, 5) is 23.3. The van der Waals surface area contributed by atoms with Crippen molar-refractivity contribution in [3.05, 3.63) is 46.6 Å². The van der Waals surface area contributed by atoms with Crippen molar-refractivity contribution in [3.63, 3.8) is 0 Å². The predicted molar refractivity (Wildman–Crippen MR) is 94.1 cm³/mol. The lowest BCUT2D eigenvalue weighted by Crippen LogP contribution is -2.31. The molecule has 1 aliphatic rings. The van der Waals surface area contributed by atoms with Crippen LogP contribution < -0.4 is 9.64 Å². The standard InChI is InChI=1S/C18H20ClN3O2/c1-13-11-17(21-18(20-13)22-9-3-2-4-10-22)24-12-16(23)14-5-7-15(19)8-6-14/h5-8,11H,2-4,9-10,12H2,1H3. The lowest BCUT2D eigenvalue weighted by atomic mass is 10.1. The second-order valence-electron chi connectivity index (χ2n) is 5.91. The number of rotatable bonds is 5. The molecule has 0 spiro atoms. The molecule has 0 bridgehead atoms. The summed E-state index contributed by atoms with van der Waals surface area (Å²) in [6, 6.07) is 8.52. The van der Waals surface area contributed by atoms with E-state index in [0.29, 0.717) is 22.4 Å². The number of ketones is 1. The summed E-state index contributed by atoms with van der Waals surface area (Å²) in [6.45, 7) is 3.78. The molecule has 126 valence electrons. The fraction of sp³-hybridized carbons (Fsp3) is 0.389. The molecule has 0 saturated carbocycles. The number of carbonyl (C=O) groups is 1. The number of halogens is 1. The van der Waals surface area contributed by atoms with E-state index < -0.39 is 0 Å². The molecule has 24 heavy (non-hydrogen) atoms. The number of piperidine rings is 1. The molecule has 1 aliphatic heterocycles. The van der Waals surface area contributed by atoms with Gasteiger partial charge in [-0.1, -0.05) is 11.6 Å². The molecule has 3 rings (SSSR count). The second kappa shape index (κ2) is 7.62. The Kier molecular flexibility index (Phi) is 5.30. The molecule has 0 aliphatic carbocycles. The van der Waals surface area contributed by atoms with Crippen molar-refractivity contribution in [1.29, 1.82) is 0 Å². The molecule has 6 heteroatoms. The molecule has 0 unspecified atom stereocenters. The Bertz CT molecular complexity index is 713. The summed E-state index contributed by atoms with van der Waals surface area (Å²) in [5.74, 6) is 1.01. The van der Waals surface area contributed by atoms with Gasteiger partial charge in [0.05, 0.1) is 0 Å². The Labute approximate surface area is 146 Å². The van der Waals surface area contributed by atoms with E-state index in [2.05, 4.69) is 14.9 Å². The number of hydrogen-bond donors (Lipinski definition) is 0. The highest BCUT2D eigenvalue weighted by atomic mass is 35.5. The van der Waals surface area contributed by atoms with Crippen LogP contribution in [0.15, 0.2) is 30.3 Å². The summed E-state index contributed by atoms with van der Waals surface area (Å²) >= 11 is 5.83. The molecule has 1 saturated heterocycles. The third-order valence-corrected chi connectivity index (χ3v) is 4.23. The molecule has 2 aromatic rings. The first-order valence-corrected chi connectivity index (χ1v) is 8.52. The van der Waals surface area contributed by atoms with Crippen molar-refractivity contribution in [2.45, 2.75) is 26.2 Å². The summed E-state index contributed by atoms with van der Waals surface area (Å²) < 4.78 is 5.60. The number of aryl methyl sites for hydroxylation is 1. The van der Waals surface area contributed by atoms with Crippen molar-refractivity contribution in [1.82, 2.24) is 9.97 Å². The van der Waals surface area contributed by atoms with Crippen molar-refractivity contribution >= 4 is 23.3 Å². The third-order valence-electron chi connectivity index (χ3n) is 3.98. The van der Waals surface area contributed by atoms with E-state index in [1.165, 1.54) is 6.42 Å². The van der Waals surface area contributed by atoms with Crippen LogP contribution in [-0.4, -0.2) is 35.4 Å². The SMILES string of the molecule is Cc1cc(OCC(=O)c2ccc(Cl)cc2)nc(N2CCCCC2)n1. The number of aromatic nitrogens is 2. The zero-order valence-electron chi connectivity index (χ0n) is 13.7.